The molecular weight excluding hydrogens is 330 g/mol. The molecule has 2 N–H and O–H groups in total. The Hall–Kier alpha value is -2.83. The summed E-state index contributed by atoms with van der Waals surface area (Å²) in [6.45, 7) is 4.94. The first kappa shape index (κ1) is 19.5. The molecule has 2 aromatic rings. The van der Waals surface area contributed by atoms with Crippen molar-refractivity contribution < 1.29 is 9.53 Å². The Balaban J connectivity index is 1.79. The quantitative estimate of drug-likeness (QED) is 0.703. The van der Waals surface area contributed by atoms with Gasteiger partial charge in [-0.25, -0.2) is 9.97 Å². The maximum Gasteiger partial charge on any atom is 0.224 e. The summed E-state index contributed by atoms with van der Waals surface area (Å²) in [5.74, 6) is 3.12. The van der Waals surface area contributed by atoms with Crippen LogP contribution < -0.4 is 20.3 Å². The summed E-state index contributed by atoms with van der Waals surface area (Å²) >= 11 is 0. The van der Waals surface area contributed by atoms with Crippen LogP contribution in [0.1, 0.15) is 17.0 Å². The van der Waals surface area contributed by atoms with Crippen LogP contribution in [0.5, 0.6) is 5.75 Å². The van der Waals surface area contributed by atoms with Gasteiger partial charge in [0.05, 0.1) is 13.5 Å². The fourth-order valence-electron chi connectivity index (χ4n) is 2.56. The zero-order valence-corrected chi connectivity index (χ0v) is 16.1. The van der Waals surface area contributed by atoms with Gasteiger partial charge in [0, 0.05) is 33.3 Å². The van der Waals surface area contributed by atoms with E-state index in [0.29, 0.717) is 25.3 Å². The van der Waals surface area contributed by atoms with E-state index < -0.39 is 0 Å². The highest BCUT2D eigenvalue weighted by Gasteiger charge is 2.06. The van der Waals surface area contributed by atoms with Crippen molar-refractivity contribution >= 4 is 17.5 Å². The SMILES string of the molecule is COc1ccc(CC(=O)NCCNc2cc(N(C)C)nc(C)n2)cc1C. The molecule has 1 heterocycles. The summed E-state index contributed by atoms with van der Waals surface area (Å²) in [5.41, 5.74) is 1.99. The number of aromatic nitrogens is 2. The number of methoxy groups -OCH3 is 1. The fourth-order valence-corrected chi connectivity index (χ4v) is 2.56. The molecule has 1 aromatic carbocycles. The van der Waals surface area contributed by atoms with Gasteiger partial charge < -0.3 is 20.3 Å². The Bertz CT molecular complexity index is 762. The predicted molar refractivity (Wildman–Crippen MR) is 104 cm³/mol. The highest BCUT2D eigenvalue weighted by Crippen LogP contribution is 2.18. The summed E-state index contributed by atoms with van der Waals surface area (Å²) in [7, 11) is 5.52. The molecule has 140 valence electrons. The molecule has 0 radical (unpaired) electrons. The third kappa shape index (κ3) is 5.61. The summed E-state index contributed by atoms with van der Waals surface area (Å²) in [6.07, 6.45) is 0.349. The van der Waals surface area contributed by atoms with Crippen molar-refractivity contribution in [3.05, 3.63) is 41.2 Å². The standard InChI is InChI=1S/C19H27N5O2/c1-13-10-15(6-7-16(13)26-5)11-19(25)21-9-8-20-17-12-18(24(3)4)23-14(2)22-17/h6-7,10,12H,8-9,11H2,1-5H3,(H,21,25)(H,20,22,23). The van der Waals surface area contributed by atoms with E-state index in [4.69, 9.17) is 4.74 Å². The number of anilines is 2. The van der Waals surface area contributed by atoms with E-state index in [1.165, 1.54) is 0 Å². The summed E-state index contributed by atoms with van der Waals surface area (Å²) in [4.78, 5) is 22.7. The van der Waals surface area contributed by atoms with Gasteiger partial charge in [0.1, 0.15) is 23.2 Å². The van der Waals surface area contributed by atoms with Gasteiger partial charge in [0.2, 0.25) is 5.91 Å². The zero-order chi connectivity index (χ0) is 19.1. The number of rotatable bonds is 8. The molecule has 7 nitrogen and oxygen atoms in total. The molecule has 0 aliphatic heterocycles. The van der Waals surface area contributed by atoms with E-state index in [1.54, 1.807) is 7.11 Å². The summed E-state index contributed by atoms with van der Waals surface area (Å²) < 4.78 is 5.24. The number of hydrogen-bond acceptors (Lipinski definition) is 6. The molecule has 0 bridgehead atoms. The van der Waals surface area contributed by atoms with Crippen molar-refractivity contribution in [1.82, 2.24) is 15.3 Å². The van der Waals surface area contributed by atoms with Crippen molar-refractivity contribution in [2.75, 3.05) is 44.5 Å². The average molecular weight is 357 g/mol. The topological polar surface area (TPSA) is 79.4 Å². The average Bonchev–Trinajstić information content (AvgIpc) is 2.58. The number of aryl methyl sites for hydroxylation is 2. The first-order chi connectivity index (χ1) is 12.4. The minimum absolute atomic E-state index is 0.00999. The lowest BCUT2D eigenvalue weighted by Gasteiger charge is -2.14. The van der Waals surface area contributed by atoms with Crippen LogP contribution in [-0.2, 0) is 11.2 Å². The van der Waals surface area contributed by atoms with Crippen LogP contribution >= 0.6 is 0 Å². The number of nitrogens with zero attached hydrogens (tertiary/aromatic N) is 3. The van der Waals surface area contributed by atoms with Crippen molar-refractivity contribution in [3.8, 4) is 5.75 Å². The molecule has 0 fully saturated rings. The van der Waals surface area contributed by atoms with Gasteiger partial charge >= 0.3 is 0 Å². The molecule has 0 spiro atoms. The molecule has 0 aliphatic rings. The van der Waals surface area contributed by atoms with E-state index in [-0.39, 0.29) is 5.91 Å². The molecule has 2 rings (SSSR count). The van der Waals surface area contributed by atoms with E-state index in [9.17, 15) is 4.79 Å². The van der Waals surface area contributed by atoms with Crippen LogP contribution in [0.25, 0.3) is 0 Å². The second-order valence-electron chi connectivity index (χ2n) is 6.31. The highest BCUT2D eigenvalue weighted by molar-refractivity contribution is 5.78. The molecule has 7 heteroatoms. The van der Waals surface area contributed by atoms with Crippen LogP contribution in [0.2, 0.25) is 0 Å². The van der Waals surface area contributed by atoms with E-state index >= 15 is 0 Å². The number of carbonyl (C=O) groups is 1. The Kier molecular flexibility index (Phi) is 6.77. The largest absolute Gasteiger partial charge is 0.496 e. The summed E-state index contributed by atoms with van der Waals surface area (Å²) in [6, 6.07) is 7.66. The van der Waals surface area contributed by atoms with Crippen LogP contribution in [0.3, 0.4) is 0 Å². The number of hydrogen-bond donors (Lipinski definition) is 2. The van der Waals surface area contributed by atoms with Crippen molar-refractivity contribution in [3.63, 3.8) is 0 Å². The second-order valence-corrected chi connectivity index (χ2v) is 6.31. The Morgan fingerprint density at radius 1 is 1.15 bits per heavy atom. The van der Waals surface area contributed by atoms with E-state index in [0.717, 1.165) is 28.5 Å². The summed E-state index contributed by atoms with van der Waals surface area (Å²) in [5, 5.41) is 6.13. The maximum absolute atomic E-state index is 12.1. The third-order valence-electron chi connectivity index (χ3n) is 3.86. The number of amides is 1. The Morgan fingerprint density at radius 2 is 1.92 bits per heavy atom. The van der Waals surface area contributed by atoms with Crippen molar-refractivity contribution in [1.29, 1.82) is 0 Å². The molecule has 1 aromatic heterocycles. The van der Waals surface area contributed by atoms with Gasteiger partial charge in [-0.1, -0.05) is 12.1 Å². The van der Waals surface area contributed by atoms with Crippen LogP contribution in [-0.4, -0.2) is 50.2 Å². The van der Waals surface area contributed by atoms with Gasteiger partial charge in [0.25, 0.3) is 0 Å². The van der Waals surface area contributed by atoms with Gasteiger partial charge in [-0.3, -0.25) is 4.79 Å². The lowest BCUT2D eigenvalue weighted by Crippen LogP contribution is -2.30. The Morgan fingerprint density at radius 3 is 2.58 bits per heavy atom. The minimum atomic E-state index is -0.00999. The lowest BCUT2D eigenvalue weighted by molar-refractivity contribution is -0.120. The number of ether oxygens (including phenoxy) is 1. The van der Waals surface area contributed by atoms with Crippen molar-refractivity contribution in [2.24, 2.45) is 0 Å². The van der Waals surface area contributed by atoms with Gasteiger partial charge in [-0.15, -0.1) is 0 Å². The number of nitrogens with one attached hydrogen (secondary N) is 2. The van der Waals surface area contributed by atoms with Crippen molar-refractivity contribution in [2.45, 2.75) is 20.3 Å². The third-order valence-corrected chi connectivity index (χ3v) is 3.86. The molecule has 0 unspecified atom stereocenters. The van der Waals surface area contributed by atoms with E-state index in [1.807, 2.05) is 57.1 Å². The normalized spacial score (nSPS) is 10.3. The zero-order valence-electron chi connectivity index (χ0n) is 16.1. The monoisotopic (exact) mass is 357 g/mol. The van der Waals surface area contributed by atoms with Gasteiger partial charge in [0.15, 0.2) is 0 Å². The minimum Gasteiger partial charge on any atom is -0.496 e. The smallest absolute Gasteiger partial charge is 0.224 e. The van der Waals surface area contributed by atoms with Crippen LogP contribution in [0.4, 0.5) is 11.6 Å². The molecule has 0 saturated heterocycles. The highest BCUT2D eigenvalue weighted by atomic mass is 16.5. The molecule has 0 atom stereocenters. The molecular formula is C19H27N5O2. The second kappa shape index (κ2) is 9.03. The van der Waals surface area contributed by atoms with Gasteiger partial charge in [-0.2, -0.15) is 0 Å². The Labute approximate surface area is 154 Å². The molecule has 1 amide bonds. The van der Waals surface area contributed by atoms with Crippen LogP contribution in [0, 0.1) is 13.8 Å². The first-order valence-corrected chi connectivity index (χ1v) is 8.56. The molecule has 0 aliphatic carbocycles. The van der Waals surface area contributed by atoms with Crippen LogP contribution in [0.15, 0.2) is 24.3 Å². The molecule has 26 heavy (non-hydrogen) atoms. The maximum atomic E-state index is 12.1. The number of benzene rings is 1. The van der Waals surface area contributed by atoms with E-state index in [2.05, 4.69) is 20.6 Å². The first-order valence-electron chi connectivity index (χ1n) is 8.56. The predicted octanol–water partition coefficient (Wildman–Crippen LogP) is 1.94. The van der Waals surface area contributed by atoms with Gasteiger partial charge in [-0.05, 0) is 31.0 Å². The molecule has 0 saturated carbocycles. The lowest BCUT2D eigenvalue weighted by atomic mass is 10.1. The number of carbonyl (C=O) groups excluding carboxylic acids is 1. The fraction of sp³-hybridized carbons (Fsp3) is 0.421.